The Morgan fingerprint density at radius 3 is 2.41 bits per heavy atom. The second-order valence-corrected chi connectivity index (χ2v) is 10.1. The van der Waals surface area contributed by atoms with Crippen molar-refractivity contribution in [2.45, 2.75) is 64.3 Å². The lowest BCUT2D eigenvalue weighted by Crippen LogP contribution is -2.41. The van der Waals surface area contributed by atoms with Gasteiger partial charge < -0.3 is 16.0 Å². The van der Waals surface area contributed by atoms with E-state index in [1.807, 2.05) is 55.5 Å². The molecule has 34 heavy (non-hydrogen) atoms. The van der Waals surface area contributed by atoms with Crippen LogP contribution < -0.4 is 16.0 Å². The molecule has 1 fully saturated rings. The molecule has 1 heterocycles. The number of para-hydroxylation sites is 1. The average molecular weight is 462 g/mol. The number of primary amides is 1. The standard InChI is InChI=1S/C28H35N3O3/c1-19(14-17-28(27(29)34)15-8-3-9-16-28)18-24(32)30-25-22-12-5-4-10-20(22)21-11-6-7-13-23(21)31(2)26(25)33/h4-7,10-13,19,25H,3,8-9,14-18H2,1-2H3,(H2,29,34)(H,30,32). The number of hydrogen-bond donors (Lipinski definition) is 2. The summed E-state index contributed by atoms with van der Waals surface area (Å²) in [7, 11) is 1.75. The number of benzene rings is 2. The summed E-state index contributed by atoms with van der Waals surface area (Å²) in [6.07, 6.45) is 6.72. The maximum Gasteiger partial charge on any atom is 0.253 e. The third-order valence-corrected chi connectivity index (χ3v) is 7.69. The summed E-state index contributed by atoms with van der Waals surface area (Å²) in [6.45, 7) is 2.03. The van der Waals surface area contributed by atoms with Crippen molar-refractivity contribution in [2.75, 3.05) is 11.9 Å². The number of likely N-dealkylation sites (N-methyl/N-ethyl adjacent to an activating group) is 1. The van der Waals surface area contributed by atoms with Gasteiger partial charge in [-0.2, -0.15) is 0 Å². The monoisotopic (exact) mass is 461 g/mol. The van der Waals surface area contributed by atoms with Crippen molar-refractivity contribution in [3.63, 3.8) is 0 Å². The van der Waals surface area contributed by atoms with Crippen molar-refractivity contribution in [1.29, 1.82) is 0 Å². The number of amides is 3. The SMILES string of the molecule is CC(CCC1(C(N)=O)CCCCC1)CC(=O)NC1C(=O)N(C)c2ccccc2-c2ccccc21. The molecule has 4 rings (SSSR count). The number of nitrogens with zero attached hydrogens (tertiary/aromatic N) is 1. The first kappa shape index (κ1) is 24.0. The van der Waals surface area contributed by atoms with Crippen molar-refractivity contribution in [3.05, 3.63) is 54.1 Å². The highest BCUT2D eigenvalue weighted by atomic mass is 16.2. The van der Waals surface area contributed by atoms with Crippen LogP contribution in [0.1, 0.15) is 69.9 Å². The van der Waals surface area contributed by atoms with Gasteiger partial charge in [-0.1, -0.05) is 68.7 Å². The number of rotatable bonds is 7. The smallest absolute Gasteiger partial charge is 0.253 e. The molecule has 2 aliphatic rings. The quantitative estimate of drug-likeness (QED) is 0.624. The molecule has 0 aromatic heterocycles. The Bertz CT molecular complexity index is 1070. The zero-order chi connectivity index (χ0) is 24.3. The Hall–Kier alpha value is -3.15. The number of anilines is 1. The molecule has 3 amide bonds. The Kier molecular flexibility index (Phi) is 7.05. The minimum absolute atomic E-state index is 0.0872. The third kappa shape index (κ3) is 4.72. The Labute approximate surface area is 201 Å². The first-order valence-electron chi connectivity index (χ1n) is 12.4. The molecule has 0 bridgehead atoms. The van der Waals surface area contributed by atoms with Crippen LogP contribution in [0.2, 0.25) is 0 Å². The average Bonchev–Trinajstić information content (AvgIpc) is 2.93. The van der Waals surface area contributed by atoms with Gasteiger partial charge in [-0.15, -0.1) is 0 Å². The van der Waals surface area contributed by atoms with E-state index < -0.39 is 11.5 Å². The van der Waals surface area contributed by atoms with Gasteiger partial charge in [-0.05, 0) is 48.8 Å². The topological polar surface area (TPSA) is 92.5 Å². The van der Waals surface area contributed by atoms with E-state index in [0.29, 0.717) is 6.42 Å². The van der Waals surface area contributed by atoms with Crippen molar-refractivity contribution < 1.29 is 14.4 Å². The van der Waals surface area contributed by atoms with Gasteiger partial charge in [0, 0.05) is 24.4 Å². The van der Waals surface area contributed by atoms with Crippen LogP contribution in [0.15, 0.2) is 48.5 Å². The van der Waals surface area contributed by atoms with Gasteiger partial charge in [0.15, 0.2) is 0 Å². The van der Waals surface area contributed by atoms with E-state index >= 15 is 0 Å². The molecule has 3 N–H and O–H groups in total. The molecule has 6 nitrogen and oxygen atoms in total. The van der Waals surface area contributed by atoms with Gasteiger partial charge in [0.1, 0.15) is 6.04 Å². The summed E-state index contributed by atoms with van der Waals surface area (Å²) in [4.78, 5) is 40.3. The normalized spacial score (nSPS) is 20.0. The van der Waals surface area contributed by atoms with E-state index in [4.69, 9.17) is 5.73 Å². The van der Waals surface area contributed by atoms with E-state index in [2.05, 4.69) is 5.32 Å². The molecule has 0 spiro atoms. The van der Waals surface area contributed by atoms with Crippen molar-refractivity contribution in [3.8, 4) is 11.1 Å². The maximum absolute atomic E-state index is 13.4. The number of nitrogens with two attached hydrogens (primary N) is 1. The highest BCUT2D eigenvalue weighted by Gasteiger charge is 2.38. The highest BCUT2D eigenvalue weighted by Crippen LogP contribution is 2.42. The van der Waals surface area contributed by atoms with Gasteiger partial charge in [-0.25, -0.2) is 0 Å². The van der Waals surface area contributed by atoms with Gasteiger partial charge in [0.25, 0.3) is 5.91 Å². The fraction of sp³-hybridized carbons (Fsp3) is 0.464. The fourth-order valence-electron chi connectivity index (χ4n) is 5.58. The summed E-state index contributed by atoms with van der Waals surface area (Å²) in [5.41, 5.74) is 8.92. The largest absolute Gasteiger partial charge is 0.369 e. The highest BCUT2D eigenvalue weighted by molar-refractivity contribution is 6.05. The van der Waals surface area contributed by atoms with E-state index in [1.165, 1.54) is 0 Å². The molecule has 1 saturated carbocycles. The minimum atomic E-state index is -0.747. The number of hydrogen-bond acceptors (Lipinski definition) is 3. The summed E-state index contributed by atoms with van der Waals surface area (Å²) < 4.78 is 0. The Morgan fingerprint density at radius 2 is 1.71 bits per heavy atom. The van der Waals surface area contributed by atoms with Gasteiger partial charge in [0.2, 0.25) is 11.8 Å². The molecule has 2 unspecified atom stereocenters. The summed E-state index contributed by atoms with van der Waals surface area (Å²) in [6, 6.07) is 14.8. The number of carbonyl (C=O) groups excluding carboxylic acids is 3. The van der Waals surface area contributed by atoms with E-state index in [1.54, 1.807) is 11.9 Å². The van der Waals surface area contributed by atoms with E-state index in [9.17, 15) is 14.4 Å². The van der Waals surface area contributed by atoms with Crippen LogP contribution in [0, 0.1) is 11.3 Å². The minimum Gasteiger partial charge on any atom is -0.369 e. The van der Waals surface area contributed by atoms with Crippen LogP contribution in [0.5, 0.6) is 0 Å². The predicted molar refractivity (Wildman–Crippen MR) is 134 cm³/mol. The second kappa shape index (κ2) is 10.00. The first-order chi connectivity index (χ1) is 16.3. The van der Waals surface area contributed by atoms with E-state index in [0.717, 1.165) is 67.3 Å². The molecule has 6 heteroatoms. The number of carbonyl (C=O) groups is 3. The molecule has 2 aromatic rings. The summed E-state index contributed by atoms with van der Waals surface area (Å²) in [5, 5.41) is 3.01. The molecular formula is C28H35N3O3. The number of nitrogens with one attached hydrogen (secondary N) is 1. The third-order valence-electron chi connectivity index (χ3n) is 7.69. The molecule has 0 radical (unpaired) electrons. The molecule has 0 saturated heterocycles. The van der Waals surface area contributed by atoms with Crippen LogP contribution in [0.25, 0.3) is 11.1 Å². The molecule has 2 atom stereocenters. The molecule has 1 aliphatic carbocycles. The second-order valence-electron chi connectivity index (χ2n) is 10.1. The van der Waals surface area contributed by atoms with Gasteiger partial charge in [0.05, 0.1) is 5.69 Å². The maximum atomic E-state index is 13.4. The molecule has 180 valence electrons. The van der Waals surface area contributed by atoms with E-state index in [-0.39, 0.29) is 23.6 Å². The zero-order valence-electron chi connectivity index (χ0n) is 20.2. The summed E-state index contributed by atoms with van der Waals surface area (Å²) in [5.74, 6) is -0.429. The van der Waals surface area contributed by atoms with Crippen LogP contribution >= 0.6 is 0 Å². The lowest BCUT2D eigenvalue weighted by atomic mass is 9.69. The number of fused-ring (bicyclic) bond motifs is 3. The zero-order valence-corrected chi connectivity index (χ0v) is 20.2. The molecule has 1 aliphatic heterocycles. The lowest BCUT2D eigenvalue weighted by Gasteiger charge is -2.35. The van der Waals surface area contributed by atoms with Crippen LogP contribution in [-0.2, 0) is 14.4 Å². The summed E-state index contributed by atoms with van der Waals surface area (Å²) >= 11 is 0. The lowest BCUT2D eigenvalue weighted by molar-refractivity contribution is -0.130. The molecule has 2 aromatic carbocycles. The van der Waals surface area contributed by atoms with Crippen molar-refractivity contribution in [2.24, 2.45) is 17.1 Å². The predicted octanol–water partition coefficient (Wildman–Crippen LogP) is 4.73. The molecular weight excluding hydrogens is 426 g/mol. The fourth-order valence-corrected chi connectivity index (χ4v) is 5.58. The van der Waals surface area contributed by atoms with Crippen LogP contribution in [-0.4, -0.2) is 24.8 Å². The Morgan fingerprint density at radius 1 is 1.06 bits per heavy atom. The van der Waals surface area contributed by atoms with Crippen molar-refractivity contribution in [1.82, 2.24) is 5.32 Å². The first-order valence-corrected chi connectivity index (χ1v) is 12.4. The van der Waals surface area contributed by atoms with Crippen LogP contribution in [0.4, 0.5) is 5.69 Å². The van der Waals surface area contributed by atoms with Crippen LogP contribution in [0.3, 0.4) is 0 Å². The van der Waals surface area contributed by atoms with Gasteiger partial charge >= 0.3 is 0 Å². The van der Waals surface area contributed by atoms with Crippen molar-refractivity contribution >= 4 is 23.4 Å². The van der Waals surface area contributed by atoms with Gasteiger partial charge in [-0.3, -0.25) is 14.4 Å². The Balaban J connectivity index is 1.46.